The van der Waals surface area contributed by atoms with Crippen molar-refractivity contribution in [2.75, 3.05) is 11.9 Å². The third-order valence-corrected chi connectivity index (χ3v) is 5.41. The molecule has 4 nitrogen and oxygen atoms in total. The van der Waals surface area contributed by atoms with Crippen LogP contribution in [0.1, 0.15) is 16.7 Å². The summed E-state index contributed by atoms with van der Waals surface area (Å²) in [5.41, 5.74) is 2.18. The van der Waals surface area contributed by atoms with Crippen molar-refractivity contribution in [1.29, 1.82) is 0 Å². The maximum absolute atomic E-state index is 12.9. The van der Waals surface area contributed by atoms with E-state index in [1.807, 2.05) is 24.3 Å². The van der Waals surface area contributed by atoms with E-state index in [4.69, 9.17) is 0 Å². The summed E-state index contributed by atoms with van der Waals surface area (Å²) in [5, 5.41) is 16.7. The highest BCUT2D eigenvalue weighted by Crippen LogP contribution is 2.49. The van der Waals surface area contributed by atoms with Crippen LogP contribution < -0.4 is 10.6 Å². The van der Waals surface area contributed by atoms with Gasteiger partial charge >= 0.3 is 0 Å². The van der Waals surface area contributed by atoms with Crippen LogP contribution in [0.3, 0.4) is 0 Å². The number of hydrogen-bond acceptors (Lipinski definition) is 3. The second-order valence-corrected chi connectivity index (χ2v) is 7.27. The summed E-state index contributed by atoms with van der Waals surface area (Å²) in [6.45, 7) is 0.674. The van der Waals surface area contributed by atoms with E-state index in [0.29, 0.717) is 12.1 Å². The fourth-order valence-corrected chi connectivity index (χ4v) is 4.77. The van der Waals surface area contributed by atoms with Gasteiger partial charge in [0.25, 0.3) is 5.91 Å². The first-order valence-electron chi connectivity index (χ1n) is 6.91. The van der Waals surface area contributed by atoms with E-state index in [1.54, 1.807) is 6.07 Å². The van der Waals surface area contributed by atoms with E-state index in [9.17, 15) is 9.90 Å². The predicted molar refractivity (Wildman–Crippen MR) is 91.1 cm³/mol. The van der Waals surface area contributed by atoms with Gasteiger partial charge < -0.3 is 10.4 Å². The average Bonchev–Trinajstić information content (AvgIpc) is 2.74. The van der Waals surface area contributed by atoms with Gasteiger partial charge in [0.15, 0.2) is 5.54 Å². The molecule has 22 heavy (non-hydrogen) atoms. The summed E-state index contributed by atoms with van der Waals surface area (Å²) in [4.78, 5) is 12.9. The number of benzene rings is 2. The molecule has 112 valence electrons. The van der Waals surface area contributed by atoms with Gasteiger partial charge in [-0.2, -0.15) is 0 Å². The van der Waals surface area contributed by atoms with Gasteiger partial charge in [-0.05, 0) is 46.1 Å². The molecule has 1 unspecified atom stereocenters. The maximum Gasteiger partial charge on any atom is 0.254 e. The highest BCUT2D eigenvalue weighted by Gasteiger charge is 2.52. The number of aromatic hydroxyl groups is 1. The van der Waals surface area contributed by atoms with E-state index >= 15 is 0 Å². The molecule has 4 rings (SSSR count). The fraction of sp³-hybridized carbons (Fsp3) is 0.188. The number of halogens is 2. The Hall–Kier alpha value is -1.37. The molecule has 0 aliphatic carbocycles. The zero-order chi connectivity index (χ0) is 15.5. The van der Waals surface area contributed by atoms with Crippen LogP contribution >= 0.6 is 31.9 Å². The van der Waals surface area contributed by atoms with Crippen LogP contribution in [0.2, 0.25) is 0 Å². The van der Waals surface area contributed by atoms with Crippen LogP contribution in [0.5, 0.6) is 5.75 Å². The molecule has 0 fully saturated rings. The number of fused-ring (bicyclic) bond motifs is 4. The second-order valence-electron chi connectivity index (χ2n) is 5.50. The molecule has 6 heteroatoms. The summed E-state index contributed by atoms with van der Waals surface area (Å²) in [6, 6.07) is 9.23. The standard InChI is InChI=1S/C16H12Br2N2O2/c17-9-6-10-14(11(18)7-9)20-15(22)16(10)13-8(4-5-19-16)2-1-3-12(13)21/h1-3,6-7,19,21H,4-5H2,(H,20,22). The number of carbonyl (C=O) groups excluding carboxylic acids is 1. The third-order valence-electron chi connectivity index (χ3n) is 4.33. The Morgan fingerprint density at radius 2 is 2.05 bits per heavy atom. The Labute approximate surface area is 144 Å². The summed E-state index contributed by atoms with van der Waals surface area (Å²) in [6.07, 6.45) is 0.781. The van der Waals surface area contributed by atoms with Crippen molar-refractivity contribution in [1.82, 2.24) is 5.32 Å². The molecule has 0 saturated heterocycles. The largest absolute Gasteiger partial charge is 0.508 e. The molecule has 1 amide bonds. The minimum Gasteiger partial charge on any atom is -0.508 e. The number of phenols is 1. The van der Waals surface area contributed by atoms with Gasteiger partial charge in [-0.25, -0.2) is 0 Å². The molecule has 0 radical (unpaired) electrons. The molecular weight excluding hydrogens is 412 g/mol. The highest BCUT2D eigenvalue weighted by atomic mass is 79.9. The molecule has 0 bridgehead atoms. The van der Waals surface area contributed by atoms with Gasteiger partial charge in [-0.1, -0.05) is 28.1 Å². The zero-order valence-electron chi connectivity index (χ0n) is 11.4. The van der Waals surface area contributed by atoms with Crippen LogP contribution in [0.25, 0.3) is 0 Å². The summed E-state index contributed by atoms with van der Waals surface area (Å²) in [7, 11) is 0. The Morgan fingerprint density at radius 1 is 1.23 bits per heavy atom. The Bertz CT molecular complexity index is 822. The molecule has 2 aromatic rings. The smallest absolute Gasteiger partial charge is 0.254 e. The van der Waals surface area contributed by atoms with Crippen molar-refractivity contribution >= 4 is 43.5 Å². The van der Waals surface area contributed by atoms with Crippen LogP contribution in [0.4, 0.5) is 5.69 Å². The van der Waals surface area contributed by atoms with Crippen molar-refractivity contribution in [3.8, 4) is 5.75 Å². The van der Waals surface area contributed by atoms with Crippen LogP contribution in [-0.2, 0) is 16.8 Å². The van der Waals surface area contributed by atoms with Gasteiger partial charge in [0.05, 0.1) is 5.69 Å². The van der Waals surface area contributed by atoms with Crippen molar-refractivity contribution in [2.45, 2.75) is 12.0 Å². The van der Waals surface area contributed by atoms with Crippen LogP contribution in [0.15, 0.2) is 39.3 Å². The Morgan fingerprint density at radius 3 is 2.86 bits per heavy atom. The van der Waals surface area contributed by atoms with E-state index in [2.05, 4.69) is 42.5 Å². The van der Waals surface area contributed by atoms with Crippen molar-refractivity contribution < 1.29 is 9.90 Å². The number of anilines is 1. The lowest BCUT2D eigenvalue weighted by atomic mass is 9.77. The second kappa shape index (κ2) is 4.81. The SMILES string of the molecule is O=C1Nc2c(Br)cc(Br)cc2C12NCCc1cccc(O)c12. The lowest BCUT2D eigenvalue weighted by Gasteiger charge is -2.35. The molecule has 1 atom stereocenters. The molecule has 3 N–H and O–H groups in total. The van der Waals surface area contributed by atoms with E-state index in [-0.39, 0.29) is 11.7 Å². The third kappa shape index (κ3) is 1.74. The number of carbonyl (C=O) groups is 1. The Balaban J connectivity index is 2.09. The monoisotopic (exact) mass is 422 g/mol. The average molecular weight is 424 g/mol. The number of hydrogen-bond donors (Lipinski definition) is 3. The quantitative estimate of drug-likeness (QED) is 0.609. The van der Waals surface area contributed by atoms with Gasteiger partial charge in [-0.15, -0.1) is 0 Å². The van der Waals surface area contributed by atoms with E-state index < -0.39 is 5.54 Å². The van der Waals surface area contributed by atoms with Crippen LogP contribution in [0, 0.1) is 0 Å². The molecule has 2 aromatic carbocycles. The normalized spacial score (nSPS) is 22.4. The molecule has 2 aliphatic heterocycles. The molecule has 2 heterocycles. The fourth-order valence-electron chi connectivity index (χ4n) is 3.45. The minimum absolute atomic E-state index is 0.142. The summed E-state index contributed by atoms with van der Waals surface area (Å²) < 4.78 is 1.68. The lowest BCUT2D eigenvalue weighted by Crippen LogP contribution is -2.52. The van der Waals surface area contributed by atoms with Gasteiger partial charge in [0, 0.05) is 26.6 Å². The molecule has 2 aliphatic rings. The lowest BCUT2D eigenvalue weighted by molar-refractivity contribution is -0.120. The van der Waals surface area contributed by atoms with Crippen molar-refractivity contribution in [2.24, 2.45) is 0 Å². The van der Waals surface area contributed by atoms with Crippen LogP contribution in [-0.4, -0.2) is 17.6 Å². The van der Waals surface area contributed by atoms with Gasteiger partial charge in [0.1, 0.15) is 5.75 Å². The first-order chi connectivity index (χ1) is 10.5. The molecular formula is C16H12Br2N2O2. The number of phenolic OH excluding ortho intramolecular Hbond substituents is 1. The first kappa shape index (κ1) is 14.2. The first-order valence-corrected chi connectivity index (χ1v) is 8.50. The molecule has 0 aromatic heterocycles. The van der Waals surface area contributed by atoms with Crippen molar-refractivity contribution in [3.63, 3.8) is 0 Å². The highest BCUT2D eigenvalue weighted by molar-refractivity contribution is 9.11. The number of nitrogens with one attached hydrogen (secondary N) is 2. The minimum atomic E-state index is -1.04. The predicted octanol–water partition coefficient (Wildman–Crippen LogP) is 3.26. The van der Waals surface area contributed by atoms with E-state index in [1.165, 1.54) is 0 Å². The zero-order valence-corrected chi connectivity index (χ0v) is 14.6. The van der Waals surface area contributed by atoms with Gasteiger partial charge in [-0.3, -0.25) is 10.1 Å². The number of rotatable bonds is 0. The van der Waals surface area contributed by atoms with E-state index in [0.717, 1.165) is 32.2 Å². The van der Waals surface area contributed by atoms with Crippen molar-refractivity contribution in [3.05, 3.63) is 56.0 Å². The molecule has 1 spiro atoms. The summed E-state index contributed by atoms with van der Waals surface area (Å²) >= 11 is 6.98. The van der Waals surface area contributed by atoms with Gasteiger partial charge in [0.2, 0.25) is 0 Å². The maximum atomic E-state index is 12.9. The summed E-state index contributed by atoms with van der Waals surface area (Å²) in [5.74, 6) is -0.0208. The Kier molecular flexibility index (Phi) is 3.11. The topological polar surface area (TPSA) is 61.4 Å². The number of amides is 1. The molecule has 0 saturated carbocycles.